The Bertz CT molecular complexity index is 1150. The second-order valence-electron chi connectivity index (χ2n) is 6.82. The second-order valence-corrected chi connectivity index (χ2v) is 11.0. The molecule has 0 fully saturated rings. The van der Waals surface area contributed by atoms with E-state index in [1.165, 1.54) is 0 Å². The van der Waals surface area contributed by atoms with Gasteiger partial charge in [-0.05, 0) is 50.6 Å². The fraction of sp³-hybridized carbons (Fsp3) is 0.350. The van der Waals surface area contributed by atoms with Crippen LogP contribution in [0.2, 0.25) is 10.0 Å². The lowest BCUT2D eigenvalue weighted by molar-refractivity contribution is 0.188. The second kappa shape index (κ2) is 8.38. The summed E-state index contributed by atoms with van der Waals surface area (Å²) in [6.07, 6.45) is 0.494. The van der Waals surface area contributed by atoms with Gasteiger partial charge in [-0.1, -0.05) is 23.2 Å². The Hall–Kier alpha value is -1.21. The number of fused-ring (bicyclic) bond motifs is 3. The Kier molecular flexibility index (Phi) is 6.14. The van der Waals surface area contributed by atoms with E-state index in [0.29, 0.717) is 27.7 Å². The lowest BCUT2D eigenvalue weighted by Crippen LogP contribution is -2.06. The summed E-state index contributed by atoms with van der Waals surface area (Å²) in [6, 6.07) is 7.12. The monoisotopic (exact) mass is 488 g/mol. The predicted octanol–water partition coefficient (Wildman–Crippen LogP) is 7.35. The standard InChI is InChI=1S/C20H20Cl2FN2O3PS/c1-4-27-29(26,28-5-2)20(23)17-14-9-12-8-11(3)30-19(12)18(14)25(24-17)16-7-6-13(21)10-15(16)22/h6-8,10,20H,4-5,9H2,1-3H3. The lowest BCUT2D eigenvalue weighted by Gasteiger charge is -2.20. The molecule has 0 radical (unpaired) electrons. The van der Waals surface area contributed by atoms with Crippen molar-refractivity contribution >= 4 is 42.1 Å². The van der Waals surface area contributed by atoms with Gasteiger partial charge in [0.15, 0.2) is 0 Å². The SMILES string of the molecule is CCOP(=O)(OCC)C(F)c1nn(-c2ccc(Cl)cc2Cl)c2c1Cc1cc(C)sc1-2. The van der Waals surface area contributed by atoms with E-state index in [1.54, 1.807) is 48.1 Å². The first kappa shape index (κ1) is 22.0. The molecule has 0 bridgehead atoms. The highest BCUT2D eigenvalue weighted by Gasteiger charge is 2.43. The molecule has 0 saturated heterocycles. The Morgan fingerprint density at radius 2 is 1.97 bits per heavy atom. The van der Waals surface area contributed by atoms with Crippen LogP contribution in [-0.4, -0.2) is 23.0 Å². The Balaban J connectivity index is 1.92. The summed E-state index contributed by atoms with van der Waals surface area (Å²) in [4.78, 5) is 2.15. The topological polar surface area (TPSA) is 53.4 Å². The molecule has 3 aromatic rings. The minimum atomic E-state index is -4.04. The molecule has 5 nitrogen and oxygen atoms in total. The van der Waals surface area contributed by atoms with E-state index in [2.05, 4.69) is 11.2 Å². The van der Waals surface area contributed by atoms with Crippen LogP contribution in [0.4, 0.5) is 4.39 Å². The number of halogens is 3. The minimum absolute atomic E-state index is 0.0577. The van der Waals surface area contributed by atoms with Crippen molar-refractivity contribution in [1.82, 2.24) is 9.78 Å². The predicted molar refractivity (Wildman–Crippen MR) is 119 cm³/mol. The molecule has 160 valence electrons. The van der Waals surface area contributed by atoms with E-state index >= 15 is 4.39 Å². The van der Waals surface area contributed by atoms with Gasteiger partial charge >= 0.3 is 7.60 Å². The van der Waals surface area contributed by atoms with E-state index < -0.39 is 13.5 Å². The highest BCUT2D eigenvalue weighted by Crippen LogP contribution is 2.63. The normalized spacial score (nSPS) is 14.1. The Morgan fingerprint density at radius 1 is 1.27 bits per heavy atom. The molecule has 1 atom stereocenters. The third kappa shape index (κ3) is 3.66. The van der Waals surface area contributed by atoms with Crippen molar-refractivity contribution in [2.75, 3.05) is 13.2 Å². The van der Waals surface area contributed by atoms with E-state index in [-0.39, 0.29) is 18.9 Å². The van der Waals surface area contributed by atoms with Crippen LogP contribution >= 0.6 is 42.1 Å². The van der Waals surface area contributed by atoms with Crippen LogP contribution in [0.15, 0.2) is 24.3 Å². The molecule has 1 aliphatic carbocycles. The van der Waals surface area contributed by atoms with Gasteiger partial charge in [0.25, 0.3) is 0 Å². The largest absolute Gasteiger partial charge is 0.370 e. The maximum absolute atomic E-state index is 15.7. The van der Waals surface area contributed by atoms with Crippen LogP contribution < -0.4 is 0 Å². The first-order valence-corrected chi connectivity index (χ1v) is 12.7. The first-order chi connectivity index (χ1) is 14.3. The minimum Gasteiger partial charge on any atom is -0.307 e. The molecule has 0 amide bonds. The number of aromatic nitrogens is 2. The molecule has 4 rings (SSSR count). The summed E-state index contributed by atoms with van der Waals surface area (Å²) in [5.74, 6) is -2.01. The van der Waals surface area contributed by atoms with Crippen LogP contribution in [0.3, 0.4) is 0 Å². The van der Waals surface area contributed by atoms with Crippen LogP contribution in [0.25, 0.3) is 16.3 Å². The van der Waals surface area contributed by atoms with Crippen molar-refractivity contribution in [3.63, 3.8) is 0 Å². The van der Waals surface area contributed by atoms with Crippen LogP contribution in [0, 0.1) is 6.92 Å². The Morgan fingerprint density at radius 3 is 2.60 bits per heavy atom. The van der Waals surface area contributed by atoms with E-state index in [1.807, 2.05) is 6.92 Å². The smallest absolute Gasteiger partial charge is 0.307 e. The Labute approximate surface area is 188 Å². The van der Waals surface area contributed by atoms with Crippen LogP contribution in [0.5, 0.6) is 0 Å². The number of hydrogen-bond acceptors (Lipinski definition) is 5. The maximum atomic E-state index is 15.7. The molecule has 0 spiro atoms. The zero-order valence-electron chi connectivity index (χ0n) is 16.6. The molecule has 30 heavy (non-hydrogen) atoms. The summed E-state index contributed by atoms with van der Waals surface area (Å²) in [6.45, 7) is 5.45. The highest BCUT2D eigenvalue weighted by molar-refractivity contribution is 7.54. The number of alkyl halides is 1. The summed E-state index contributed by atoms with van der Waals surface area (Å²) < 4.78 is 40.9. The number of nitrogens with zero attached hydrogens (tertiary/aromatic N) is 2. The molecule has 1 unspecified atom stereocenters. The molecular formula is C20H20Cl2FN2O3PS. The van der Waals surface area contributed by atoms with Crippen molar-refractivity contribution in [2.45, 2.75) is 33.1 Å². The fourth-order valence-corrected chi connectivity index (χ4v) is 6.80. The molecule has 10 heteroatoms. The number of benzene rings is 1. The van der Waals surface area contributed by atoms with Gasteiger partial charge in [0, 0.05) is 21.9 Å². The van der Waals surface area contributed by atoms with E-state index in [9.17, 15) is 4.57 Å². The van der Waals surface area contributed by atoms with Crippen LogP contribution in [-0.2, 0) is 20.0 Å². The van der Waals surface area contributed by atoms with Gasteiger partial charge in [-0.3, -0.25) is 4.57 Å². The molecule has 1 aliphatic rings. The van der Waals surface area contributed by atoms with Crippen LogP contribution in [0.1, 0.15) is 41.5 Å². The quantitative estimate of drug-likeness (QED) is 0.255. The number of aryl methyl sites for hydroxylation is 1. The van der Waals surface area contributed by atoms with Gasteiger partial charge in [0.05, 0.1) is 34.5 Å². The summed E-state index contributed by atoms with van der Waals surface area (Å²) >= 11 is 14.1. The molecular weight excluding hydrogens is 469 g/mol. The molecule has 1 aromatic carbocycles. The van der Waals surface area contributed by atoms with E-state index in [0.717, 1.165) is 21.0 Å². The van der Waals surface area contributed by atoms with Crippen molar-refractivity contribution in [1.29, 1.82) is 0 Å². The molecule has 2 aromatic heterocycles. The highest BCUT2D eigenvalue weighted by atomic mass is 35.5. The van der Waals surface area contributed by atoms with Gasteiger partial charge in [0.1, 0.15) is 5.69 Å². The number of rotatable bonds is 7. The van der Waals surface area contributed by atoms with Crippen molar-refractivity contribution < 1.29 is 18.0 Å². The average Bonchev–Trinajstić information content (AvgIpc) is 3.31. The van der Waals surface area contributed by atoms with Gasteiger partial charge in [-0.15, -0.1) is 11.3 Å². The summed E-state index contributed by atoms with van der Waals surface area (Å²) in [5.41, 5.74) is 3.14. The average molecular weight is 489 g/mol. The number of hydrogen-bond donors (Lipinski definition) is 0. The third-order valence-electron chi connectivity index (χ3n) is 4.79. The lowest BCUT2D eigenvalue weighted by atomic mass is 10.1. The van der Waals surface area contributed by atoms with Gasteiger partial charge < -0.3 is 9.05 Å². The van der Waals surface area contributed by atoms with Gasteiger partial charge in [0.2, 0.25) is 5.91 Å². The maximum Gasteiger partial charge on any atom is 0.370 e. The zero-order valence-corrected chi connectivity index (χ0v) is 19.8. The summed E-state index contributed by atoms with van der Waals surface area (Å²) in [7, 11) is -4.04. The molecule has 0 saturated carbocycles. The molecule has 2 heterocycles. The first-order valence-electron chi connectivity index (χ1n) is 9.48. The van der Waals surface area contributed by atoms with E-state index in [4.69, 9.17) is 32.2 Å². The van der Waals surface area contributed by atoms with Crippen molar-refractivity contribution in [2.24, 2.45) is 0 Å². The van der Waals surface area contributed by atoms with Gasteiger partial charge in [-0.2, -0.15) is 5.10 Å². The van der Waals surface area contributed by atoms with Crippen molar-refractivity contribution in [3.05, 3.63) is 56.0 Å². The zero-order chi connectivity index (χ0) is 21.6. The fourth-order valence-electron chi connectivity index (χ4n) is 3.66. The number of thiophene rings is 1. The summed E-state index contributed by atoms with van der Waals surface area (Å²) in [5, 5.41) is 5.39. The van der Waals surface area contributed by atoms with Gasteiger partial charge in [-0.25, -0.2) is 9.07 Å². The van der Waals surface area contributed by atoms with Crippen molar-refractivity contribution in [3.8, 4) is 16.3 Å². The third-order valence-corrected chi connectivity index (χ3v) is 8.46. The molecule has 0 N–H and O–H groups in total. The molecule has 0 aliphatic heterocycles.